The number of pyridine rings is 1. The van der Waals surface area contributed by atoms with Crippen LogP contribution >= 0.6 is 12.2 Å². The summed E-state index contributed by atoms with van der Waals surface area (Å²) in [6.07, 6.45) is 1.67. The van der Waals surface area contributed by atoms with E-state index in [0.29, 0.717) is 11.5 Å². The van der Waals surface area contributed by atoms with E-state index >= 15 is 0 Å². The summed E-state index contributed by atoms with van der Waals surface area (Å²) in [6, 6.07) is 3.70. The molecule has 0 saturated carbocycles. The summed E-state index contributed by atoms with van der Waals surface area (Å²) >= 11 is 4.76. The van der Waals surface area contributed by atoms with Crippen molar-refractivity contribution in [1.29, 1.82) is 0 Å². The van der Waals surface area contributed by atoms with E-state index in [1.807, 2.05) is 12.1 Å². The Morgan fingerprint density at radius 1 is 1.58 bits per heavy atom. The Labute approximate surface area is 73.8 Å². The van der Waals surface area contributed by atoms with Crippen molar-refractivity contribution in [2.24, 2.45) is 5.73 Å². The highest BCUT2D eigenvalue weighted by molar-refractivity contribution is 7.80. The predicted octanol–water partition coefficient (Wildman–Crippen LogP) is 0.592. The van der Waals surface area contributed by atoms with Crippen LogP contribution in [0.25, 0.3) is 11.2 Å². The second kappa shape index (κ2) is 2.53. The van der Waals surface area contributed by atoms with Crippen LogP contribution in [-0.2, 0) is 0 Å². The highest BCUT2D eigenvalue weighted by Crippen LogP contribution is 2.06. The van der Waals surface area contributed by atoms with Crippen LogP contribution < -0.4 is 5.73 Å². The largest absolute Gasteiger partial charge is 0.387 e. The van der Waals surface area contributed by atoms with Crippen LogP contribution in [0.3, 0.4) is 0 Å². The van der Waals surface area contributed by atoms with E-state index in [9.17, 15) is 0 Å². The van der Waals surface area contributed by atoms with Crippen molar-refractivity contribution >= 4 is 28.4 Å². The SMILES string of the molecule is NC(=S)c1nc2ncccc2[nH]1. The van der Waals surface area contributed by atoms with Crippen molar-refractivity contribution in [1.82, 2.24) is 15.0 Å². The van der Waals surface area contributed by atoms with Gasteiger partial charge in [-0.1, -0.05) is 12.2 Å². The molecule has 12 heavy (non-hydrogen) atoms. The lowest BCUT2D eigenvalue weighted by Crippen LogP contribution is -2.10. The minimum absolute atomic E-state index is 0.257. The smallest absolute Gasteiger partial charge is 0.178 e. The normalized spacial score (nSPS) is 10.3. The fraction of sp³-hybridized carbons (Fsp3) is 0. The number of imidazole rings is 1. The van der Waals surface area contributed by atoms with Crippen molar-refractivity contribution in [3.8, 4) is 0 Å². The highest BCUT2D eigenvalue weighted by Gasteiger charge is 2.03. The fourth-order valence-corrected chi connectivity index (χ4v) is 1.06. The Kier molecular flexibility index (Phi) is 1.51. The molecule has 0 fully saturated rings. The summed E-state index contributed by atoms with van der Waals surface area (Å²) in [5.41, 5.74) is 6.87. The molecule has 0 unspecified atom stereocenters. The Bertz CT molecular complexity index is 401. The molecule has 0 aromatic carbocycles. The molecule has 4 nitrogen and oxygen atoms in total. The van der Waals surface area contributed by atoms with E-state index in [2.05, 4.69) is 15.0 Å². The van der Waals surface area contributed by atoms with Gasteiger partial charge in [-0.15, -0.1) is 0 Å². The molecule has 0 bridgehead atoms. The first-order chi connectivity index (χ1) is 5.77. The topological polar surface area (TPSA) is 67.6 Å². The summed E-state index contributed by atoms with van der Waals surface area (Å²) < 4.78 is 0. The maximum atomic E-state index is 5.39. The number of rotatable bonds is 1. The van der Waals surface area contributed by atoms with Gasteiger partial charge in [0.15, 0.2) is 11.5 Å². The zero-order chi connectivity index (χ0) is 8.55. The lowest BCUT2D eigenvalue weighted by atomic mass is 10.4. The molecule has 0 aliphatic carbocycles. The van der Waals surface area contributed by atoms with Gasteiger partial charge < -0.3 is 10.7 Å². The van der Waals surface area contributed by atoms with Gasteiger partial charge in [-0.3, -0.25) is 0 Å². The van der Waals surface area contributed by atoms with Gasteiger partial charge in [0.05, 0.1) is 5.52 Å². The first-order valence-electron chi connectivity index (χ1n) is 3.38. The average molecular weight is 178 g/mol. The number of nitrogens with zero attached hydrogens (tertiary/aromatic N) is 2. The van der Waals surface area contributed by atoms with Gasteiger partial charge in [0.2, 0.25) is 0 Å². The second-order valence-corrected chi connectivity index (χ2v) is 2.76. The van der Waals surface area contributed by atoms with E-state index in [1.54, 1.807) is 6.20 Å². The van der Waals surface area contributed by atoms with E-state index < -0.39 is 0 Å². The molecule has 5 heteroatoms. The van der Waals surface area contributed by atoms with E-state index in [1.165, 1.54) is 0 Å². The summed E-state index contributed by atoms with van der Waals surface area (Å²) in [5, 5.41) is 0. The quantitative estimate of drug-likeness (QED) is 0.627. The van der Waals surface area contributed by atoms with Crippen LogP contribution in [-0.4, -0.2) is 19.9 Å². The van der Waals surface area contributed by atoms with Crippen molar-refractivity contribution in [2.75, 3.05) is 0 Å². The summed E-state index contributed by atoms with van der Waals surface area (Å²) in [7, 11) is 0. The predicted molar refractivity (Wildman–Crippen MR) is 49.8 cm³/mol. The van der Waals surface area contributed by atoms with Gasteiger partial charge in [0, 0.05) is 6.20 Å². The van der Waals surface area contributed by atoms with Crippen LogP contribution in [0.5, 0.6) is 0 Å². The van der Waals surface area contributed by atoms with Crippen molar-refractivity contribution in [3.63, 3.8) is 0 Å². The molecule has 0 aliphatic rings. The third-order valence-electron chi connectivity index (χ3n) is 1.49. The van der Waals surface area contributed by atoms with Gasteiger partial charge in [-0.25, -0.2) is 9.97 Å². The van der Waals surface area contributed by atoms with Crippen LogP contribution in [0.15, 0.2) is 18.3 Å². The molecule has 0 radical (unpaired) electrons. The summed E-state index contributed by atoms with van der Waals surface area (Å²) in [4.78, 5) is 11.3. The summed E-state index contributed by atoms with van der Waals surface area (Å²) in [5.74, 6) is 0.513. The van der Waals surface area contributed by atoms with Gasteiger partial charge in [-0.05, 0) is 12.1 Å². The Balaban J connectivity index is 2.70. The molecule has 2 heterocycles. The lowest BCUT2D eigenvalue weighted by Gasteiger charge is -1.85. The number of aromatic amines is 1. The van der Waals surface area contributed by atoms with Crippen molar-refractivity contribution in [3.05, 3.63) is 24.2 Å². The number of nitrogens with one attached hydrogen (secondary N) is 1. The highest BCUT2D eigenvalue weighted by atomic mass is 32.1. The van der Waals surface area contributed by atoms with Gasteiger partial charge in [0.25, 0.3) is 0 Å². The van der Waals surface area contributed by atoms with Gasteiger partial charge in [-0.2, -0.15) is 0 Å². The molecule has 0 spiro atoms. The third kappa shape index (κ3) is 1.04. The molecular formula is C7H6N4S. The molecule has 0 saturated heterocycles. The molecular weight excluding hydrogens is 172 g/mol. The maximum absolute atomic E-state index is 5.39. The van der Waals surface area contributed by atoms with E-state index in [-0.39, 0.29) is 4.99 Å². The van der Waals surface area contributed by atoms with Crippen LogP contribution in [0, 0.1) is 0 Å². The number of fused-ring (bicyclic) bond motifs is 1. The summed E-state index contributed by atoms with van der Waals surface area (Å²) in [6.45, 7) is 0. The molecule has 0 amide bonds. The van der Waals surface area contributed by atoms with E-state index in [0.717, 1.165) is 5.52 Å². The number of hydrogen-bond donors (Lipinski definition) is 2. The van der Waals surface area contributed by atoms with E-state index in [4.69, 9.17) is 18.0 Å². The number of aromatic nitrogens is 3. The average Bonchev–Trinajstić information content (AvgIpc) is 2.46. The minimum atomic E-state index is 0.257. The lowest BCUT2D eigenvalue weighted by molar-refractivity contribution is 1.26. The number of nitrogens with two attached hydrogens (primary N) is 1. The minimum Gasteiger partial charge on any atom is -0.387 e. The zero-order valence-electron chi connectivity index (χ0n) is 6.11. The molecule has 2 aromatic heterocycles. The Hall–Kier alpha value is -1.49. The Morgan fingerprint density at radius 2 is 2.42 bits per heavy atom. The Morgan fingerprint density at radius 3 is 3.08 bits per heavy atom. The molecule has 60 valence electrons. The zero-order valence-corrected chi connectivity index (χ0v) is 6.93. The van der Waals surface area contributed by atoms with Crippen LogP contribution in [0.1, 0.15) is 5.82 Å². The second-order valence-electron chi connectivity index (χ2n) is 2.32. The van der Waals surface area contributed by atoms with Gasteiger partial charge in [0.1, 0.15) is 4.99 Å². The standard InChI is InChI=1S/C7H6N4S/c8-5(12)7-10-4-2-1-3-9-6(4)11-7/h1-3H,(H2,8,12)(H,9,10,11). The van der Waals surface area contributed by atoms with Crippen molar-refractivity contribution in [2.45, 2.75) is 0 Å². The monoisotopic (exact) mass is 178 g/mol. The molecule has 0 atom stereocenters. The molecule has 2 aromatic rings. The van der Waals surface area contributed by atoms with Crippen molar-refractivity contribution < 1.29 is 0 Å². The number of H-pyrrole nitrogens is 1. The molecule has 2 rings (SSSR count). The first-order valence-corrected chi connectivity index (χ1v) is 3.79. The fourth-order valence-electron chi connectivity index (χ4n) is 0.962. The maximum Gasteiger partial charge on any atom is 0.178 e. The van der Waals surface area contributed by atoms with Crippen LogP contribution in [0.2, 0.25) is 0 Å². The molecule has 0 aliphatic heterocycles. The first kappa shape index (κ1) is 7.17. The third-order valence-corrected chi connectivity index (χ3v) is 1.68. The molecule has 3 N–H and O–H groups in total. The number of thiocarbonyl (C=S) groups is 1. The van der Waals surface area contributed by atoms with Gasteiger partial charge >= 0.3 is 0 Å². The number of hydrogen-bond acceptors (Lipinski definition) is 3. The van der Waals surface area contributed by atoms with Crippen LogP contribution in [0.4, 0.5) is 0 Å².